The van der Waals surface area contributed by atoms with E-state index in [2.05, 4.69) is 10.5 Å². The summed E-state index contributed by atoms with van der Waals surface area (Å²) in [7, 11) is 4.37. The number of hydrogen-bond acceptors (Lipinski definition) is 8. The summed E-state index contributed by atoms with van der Waals surface area (Å²) in [6, 6.07) is 18.0. The quantitative estimate of drug-likeness (QED) is 0.216. The fraction of sp³-hybridized carbons (Fsp3) is 0.160. The van der Waals surface area contributed by atoms with Gasteiger partial charge in [0, 0.05) is 0 Å². The summed E-state index contributed by atoms with van der Waals surface area (Å²) in [6.07, 6.45) is 0.0240. The lowest BCUT2D eigenvalue weighted by Crippen LogP contribution is -2.25. The van der Waals surface area contributed by atoms with Gasteiger partial charge in [-0.3, -0.25) is 4.79 Å². The Morgan fingerprint density at radius 1 is 0.912 bits per heavy atom. The average molecular weight is 464 g/mol. The predicted molar refractivity (Wildman–Crippen MR) is 125 cm³/mol. The molecule has 0 fully saturated rings. The molecule has 3 aromatic rings. The van der Waals surface area contributed by atoms with Crippen molar-refractivity contribution in [3.63, 3.8) is 0 Å². The maximum Gasteiger partial charge on any atom is 0.343 e. The number of ether oxygens (including phenoxy) is 4. The van der Waals surface area contributed by atoms with Crippen LogP contribution in [0.15, 0.2) is 71.8 Å². The van der Waals surface area contributed by atoms with Crippen LogP contribution in [0.5, 0.6) is 23.0 Å². The zero-order chi connectivity index (χ0) is 24.5. The number of aliphatic hydroxyl groups excluding tert-OH is 1. The topological polar surface area (TPSA) is 116 Å². The van der Waals surface area contributed by atoms with E-state index in [9.17, 15) is 14.7 Å². The van der Waals surface area contributed by atoms with Crippen LogP contribution < -0.4 is 24.4 Å². The molecule has 0 aliphatic heterocycles. The van der Waals surface area contributed by atoms with E-state index in [1.807, 2.05) is 0 Å². The highest BCUT2D eigenvalue weighted by molar-refractivity contribution is 5.93. The van der Waals surface area contributed by atoms with Crippen LogP contribution in [0.25, 0.3) is 0 Å². The molecule has 1 amide bonds. The molecule has 3 aromatic carbocycles. The number of methoxy groups -OCH3 is 3. The molecule has 0 unspecified atom stereocenters. The molecule has 3 rings (SSSR count). The Balaban J connectivity index is 1.67. The van der Waals surface area contributed by atoms with Crippen LogP contribution in [-0.2, 0) is 4.79 Å². The monoisotopic (exact) mass is 464 g/mol. The van der Waals surface area contributed by atoms with Crippen LogP contribution in [0, 0.1) is 0 Å². The summed E-state index contributed by atoms with van der Waals surface area (Å²) in [4.78, 5) is 24.8. The van der Waals surface area contributed by atoms with Crippen LogP contribution in [-0.4, -0.2) is 44.5 Å². The predicted octanol–water partition coefficient (Wildman–Crippen LogP) is 3.12. The molecule has 0 bridgehead atoms. The zero-order valence-electron chi connectivity index (χ0n) is 18.8. The van der Waals surface area contributed by atoms with Gasteiger partial charge in [0.2, 0.25) is 5.75 Å². The fourth-order valence-electron chi connectivity index (χ4n) is 3.04. The van der Waals surface area contributed by atoms with Gasteiger partial charge in [-0.05, 0) is 35.4 Å². The van der Waals surface area contributed by atoms with Gasteiger partial charge in [-0.15, -0.1) is 0 Å². The molecule has 0 spiro atoms. The van der Waals surface area contributed by atoms with Crippen molar-refractivity contribution < 1.29 is 33.6 Å². The lowest BCUT2D eigenvalue weighted by atomic mass is 10.1. The smallest absolute Gasteiger partial charge is 0.343 e. The normalized spacial score (nSPS) is 11.5. The second kappa shape index (κ2) is 11.5. The summed E-state index contributed by atoms with van der Waals surface area (Å²) in [6.45, 7) is 0. The maximum atomic E-state index is 12.7. The van der Waals surface area contributed by atoms with Crippen molar-refractivity contribution in [1.29, 1.82) is 0 Å². The van der Waals surface area contributed by atoms with Crippen molar-refractivity contribution in [3.05, 3.63) is 83.4 Å². The minimum Gasteiger partial charge on any atom is -0.493 e. The summed E-state index contributed by atoms with van der Waals surface area (Å²) in [5, 5.41) is 13.9. The van der Waals surface area contributed by atoms with Crippen LogP contribution in [0.3, 0.4) is 0 Å². The van der Waals surface area contributed by atoms with E-state index < -0.39 is 18.0 Å². The van der Waals surface area contributed by atoms with E-state index in [1.54, 1.807) is 54.6 Å². The Hall–Kier alpha value is -4.37. The van der Waals surface area contributed by atoms with Gasteiger partial charge in [-0.1, -0.05) is 42.5 Å². The van der Waals surface area contributed by atoms with Gasteiger partial charge in [0.15, 0.2) is 17.6 Å². The van der Waals surface area contributed by atoms with E-state index in [1.165, 1.54) is 39.7 Å². The van der Waals surface area contributed by atoms with Crippen LogP contribution in [0.4, 0.5) is 0 Å². The van der Waals surface area contributed by atoms with E-state index in [0.29, 0.717) is 28.4 Å². The number of hydrogen-bond donors (Lipinski definition) is 2. The Morgan fingerprint density at radius 3 is 2.21 bits per heavy atom. The molecule has 9 heteroatoms. The minimum atomic E-state index is -1.34. The van der Waals surface area contributed by atoms with Gasteiger partial charge in [0.25, 0.3) is 5.91 Å². The van der Waals surface area contributed by atoms with Crippen molar-refractivity contribution in [2.24, 2.45) is 5.10 Å². The first-order valence-corrected chi connectivity index (χ1v) is 10.1. The number of benzene rings is 3. The first-order chi connectivity index (χ1) is 16.5. The second-order valence-electron chi connectivity index (χ2n) is 6.92. The number of hydrazone groups is 1. The van der Waals surface area contributed by atoms with Crippen molar-refractivity contribution in [3.8, 4) is 23.0 Å². The summed E-state index contributed by atoms with van der Waals surface area (Å²) < 4.78 is 21.2. The van der Waals surface area contributed by atoms with Crippen LogP contribution >= 0.6 is 0 Å². The van der Waals surface area contributed by atoms with Crippen LogP contribution in [0.1, 0.15) is 27.6 Å². The maximum absolute atomic E-state index is 12.7. The van der Waals surface area contributed by atoms with E-state index in [0.717, 1.165) is 0 Å². The Morgan fingerprint density at radius 2 is 1.59 bits per heavy atom. The van der Waals surface area contributed by atoms with Gasteiger partial charge in [0.05, 0.1) is 33.1 Å². The van der Waals surface area contributed by atoms with E-state index in [-0.39, 0.29) is 11.3 Å². The summed E-state index contributed by atoms with van der Waals surface area (Å²) in [5.41, 5.74) is 3.50. The molecule has 0 saturated heterocycles. The third-order valence-corrected chi connectivity index (χ3v) is 4.72. The number of carbonyl (C=O) groups excluding carboxylic acids is 2. The lowest BCUT2D eigenvalue weighted by Gasteiger charge is -2.13. The second-order valence-corrected chi connectivity index (χ2v) is 6.92. The molecule has 176 valence electrons. The molecule has 0 radical (unpaired) electrons. The standard InChI is InChI=1S/C25H24N2O7/c1-31-20-13-18(14-21(32-2)23(20)33-3)25(30)34-19-11-7-8-16(12-19)15-26-27-24(29)22(28)17-9-5-4-6-10-17/h4-15,22,28H,1-3H3,(H,27,29)/t22-/m1/s1. The zero-order valence-corrected chi connectivity index (χ0v) is 18.8. The van der Waals surface area contributed by atoms with Crippen LogP contribution in [0.2, 0.25) is 0 Å². The lowest BCUT2D eigenvalue weighted by molar-refractivity contribution is -0.129. The molecule has 9 nitrogen and oxygen atoms in total. The molecule has 34 heavy (non-hydrogen) atoms. The number of rotatable bonds is 9. The fourth-order valence-corrected chi connectivity index (χ4v) is 3.04. The first kappa shape index (κ1) is 24.3. The Bertz CT molecular complexity index is 1150. The number of amides is 1. The van der Waals surface area contributed by atoms with Gasteiger partial charge < -0.3 is 24.1 Å². The van der Waals surface area contributed by atoms with Gasteiger partial charge >= 0.3 is 5.97 Å². The Labute approximate surface area is 196 Å². The molecule has 0 aliphatic rings. The largest absolute Gasteiger partial charge is 0.493 e. The third-order valence-electron chi connectivity index (χ3n) is 4.72. The molecule has 0 heterocycles. The van der Waals surface area contributed by atoms with Gasteiger partial charge in [-0.25, -0.2) is 10.2 Å². The minimum absolute atomic E-state index is 0.204. The van der Waals surface area contributed by atoms with Gasteiger partial charge in [0.1, 0.15) is 5.75 Å². The molecular weight excluding hydrogens is 440 g/mol. The van der Waals surface area contributed by atoms with E-state index in [4.69, 9.17) is 18.9 Å². The highest BCUT2D eigenvalue weighted by Crippen LogP contribution is 2.38. The van der Waals surface area contributed by atoms with Crippen molar-refractivity contribution in [1.82, 2.24) is 5.43 Å². The number of carbonyl (C=O) groups is 2. The van der Waals surface area contributed by atoms with E-state index >= 15 is 0 Å². The number of nitrogens with one attached hydrogen (secondary N) is 1. The number of aliphatic hydroxyl groups is 1. The SMILES string of the molecule is COc1cc(C(=O)Oc2cccc(C=NNC(=O)[C@H](O)c3ccccc3)c2)cc(OC)c1OC. The van der Waals surface area contributed by atoms with Crippen molar-refractivity contribution in [2.75, 3.05) is 21.3 Å². The average Bonchev–Trinajstić information content (AvgIpc) is 2.87. The molecule has 0 saturated carbocycles. The highest BCUT2D eigenvalue weighted by Gasteiger charge is 2.19. The highest BCUT2D eigenvalue weighted by atomic mass is 16.5. The number of esters is 1. The number of nitrogens with zero attached hydrogens (tertiary/aromatic N) is 1. The molecule has 1 atom stereocenters. The molecule has 0 aliphatic carbocycles. The summed E-state index contributed by atoms with van der Waals surface area (Å²) >= 11 is 0. The third kappa shape index (κ3) is 5.90. The summed E-state index contributed by atoms with van der Waals surface area (Å²) in [5.74, 6) is -0.0381. The van der Waals surface area contributed by atoms with Gasteiger partial charge in [-0.2, -0.15) is 5.10 Å². The Kier molecular flexibility index (Phi) is 8.20. The molecule has 2 N–H and O–H groups in total. The molecule has 0 aromatic heterocycles. The first-order valence-electron chi connectivity index (χ1n) is 10.1. The molecular formula is C25H24N2O7. The van der Waals surface area contributed by atoms with Crippen molar-refractivity contribution >= 4 is 18.1 Å². The van der Waals surface area contributed by atoms with Crippen molar-refractivity contribution in [2.45, 2.75) is 6.10 Å².